The zero-order chi connectivity index (χ0) is 41.7. The number of halogens is 2. The summed E-state index contributed by atoms with van der Waals surface area (Å²) >= 11 is 6.33. The smallest absolute Gasteiger partial charge is 0.262 e. The van der Waals surface area contributed by atoms with E-state index in [0.717, 1.165) is 119 Å². The number of rotatable bonds is 7. The molecule has 1 unspecified atom stereocenters. The van der Waals surface area contributed by atoms with Crippen molar-refractivity contribution in [2.75, 3.05) is 86.7 Å². The highest BCUT2D eigenvalue weighted by atomic mass is 35.5. The number of anilines is 3. The van der Waals surface area contributed by atoms with Crippen molar-refractivity contribution in [2.24, 2.45) is 11.3 Å². The van der Waals surface area contributed by atoms with Gasteiger partial charge in [0.25, 0.3) is 17.7 Å². The van der Waals surface area contributed by atoms with Crippen molar-refractivity contribution in [3.8, 4) is 0 Å². The minimum absolute atomic E-state index is 0.0224. The maximum Gasteiger partial charge on any atom is 0.262 e. The Labute approximate surface area is 353 Å². The van der Waals surface area contributed by atoms with Crippen LogP contribution in [0.1, 0.15) is 76.0 Å². The van der Waals surface area contributed by atoms with Gasteiger partial charge in [0.05, 0.1) is 23.4 Å². The molecule has 6 aliphatic rings. The molecule has 3 aromatic rings. The number of carbonyl (C=O) groups excluding carboxylic acids is 5. The fourth-order valence-corrected chi connectivity index (χ4v) is 10.4. The molecule has 0 bridgehead atoms. The van der Waals surface area contributed by atoms with E-state index in [-0.39, 0.29) is 41.0 Å². The number of imide groups is 2. The Hall–Kier alpha value is -5.52. The lowest BCUT2D eigenvalue weighted by atomic mass is 9.77. The number of nitrogens with zero attached hydrogens (tertiary/aromatic N) is 7. The van der Waals surface area contributed by atoms with Gasteiger partial charge in [-0.1, -0.05) is 17.7 Å². The third-order valence-electron chi connectivity index (χ3n) is 13.8. The number of benzene rings is 3. The first-order valence-corrected chi connectivity index (χ1v) is 21.5. The zero-order valence-corrected chi connectivity index (χ0v) is 34.3. The van der Waals surface area contributed by atoms with Crippen LogP contribution < -0.4 is 20.0 Å². The first-order chi connectivity index (χ1) is 29.0. The van der Waals surface area contributed by atoms with Crippen molar-refractivity contribution in [3.05, 3.63) is 93.5 Å². The van der Waals surface area contributed by atoms with Gasteiger partial charge in [0.15, 0.2) is 0 Å². The topological polar surface area (TPSA) is 121 Å². The molecule has 6 aliphatic heterocycles. The Bertz CT molecular complexity index is 2280. The quantitative estimate of drug-likeness (QED) is 0.240. The van der Waals surface area contributed by atoms with Crippen molar-refractivity contribution >= 4 is 63.9 Å². The maximum absolute atomic E-state index is 15.5. The lowest BCUT2D eigenvalue weighted by molar-refractivity contribution is -0.136. The summed E-state index contributed by atoms with van der Waals surface area (Å²) in [4.78, 5) is 79.6. The first-order valence-electron chi connectivity index (χ1n) is 21.1. The monoisotopic (exact) mass is 834 g/mol. The number of piperidine rings is 3. The molecule has 1 N–H and O–H groups in total. The van der Waals surface area contributed by atoms with Crippen LogP contribution in [0, 0.1) is 23.7 Å². The molecule has 5 fully saturated rings. The highest BCUT2D eigenvalue weighted by Gasteiger charge is 2.46. The van der Waals surface area contributed by atoms with Gasteiger partial charge in [-0.05, 0) is 98.4 Å². The van der Waals surface area contributed by atoms with Crippen molar-refractivity contribution < 1.29 is 28.4 Å². The average molecular weight is 835 g/mol. The SMILES string of the molecule is [C-]#[N+]c1ccc(N2CCC3(CCN(C(=O)c4ccc(N5CCN(CC6CCN(c7cc8c(cc7F)C(=O)N(C7CCC(=O)NC7=O)C8=O)CC6)CC5)cc4)CC3)C2)cc1Cl. The van der Waals surface area contributed by atoms with Gasteiger partial charge in [-0.15, -0.1) is 0 Å². The summed E-state index contributed by atoms with van der Waals surface area (Å²) in [6.07, 6.45) is 4.83. The molecule has 0 radical (unpaired) electrons. The average Bonchev–Trinajstić information content (AvgIpc) is 3.78. The molecule has 9 rings (SSSR count). The third-order valence-corrected chi connectivity index (χ3v) is 14.1. The minimum atomic E-state index is -1.09. The standard InChI is InChI=1S/C45H48ClFN8O5/c1-48-37-7-6-32(24-35(37)46)54-19-14-45(28-54)12-17-53(18-13-45)42(58)30-2-4-31(5-3-30)51-22-20-50(21-23-51)27-29-10-15-52(16-11-29)39-26-34-33(25-36(39)47)43(59)55(44(34)60)38-8-9-40(56)49-41(38)57/h2-7,24-26,29,38H,8-23,27-28H2,(H,49,56,57). The van der Waals surface area contributed by atoms with Crippen LogP contribution in [0.4, 0.5) is 27.1 Å². The van der Waals surface area contributed by atoms with E-state index in [0.29, 0.717) is 29.7 Å². The number of piperazine rings is 1. The van der Waals surface area contributed by atoms with Crippen molar-refractivity contribution in [2.45, 2.75) is 51.0 Å². The molecular weight excluding hydrogens is 787 g/mol. The fourth-order valence-electron chi connectivity index (χ4n) is 10.2. The second kappa shape index (κ2) is 16.2. The van der Waals surface area contributed by atoms with Crippen LogP contribution in [0.15, 0.2) is 54.6 Å². The van der Waals surface area contributed by atoms with Crippen LogP contribution in [0.2, 0.25) is 5.02 Å². The van der Waals surface area contributed by atoms with Crippen molar-refractivity contribution in [3.63, 3.8) is 0 Å². The highest BCUT2D eigenvalue weighted by molar-refractivity contribution is 6.33. The summed E-state index contributed by atoms with van der Waals surface area (Å²) in [7, 11) is 0. The van der Waals surface area contributed by atoms with Gasteiger partial charge in [0, 0.05) is 100 Å². The van der Waals surface area contributed by atoms with E-state index in [2.05, 4.69) is 37.0 Å². The molecular formula is C45H48ClFN8O5. The summed E-state index contributed by atoms with van der Waals surface area (Å²) in [5.74, 6) is -2.53. The normalized spacial score (nSPS) is 22.4. The molecule has 0 saturated carbocycles. The molecule has 5 saturated heterocycles. The first kappa shape index (κ1) is 39.9. The molecule has 0 aliphatic carbocycles. The molecule has 13 nitrogen and oxygen atoms in total. The van der Waals surface area contributed by atoms with Crippen LogP contribution in [-0.2, 0) is 9.59 Å². The summed E-state index contributed by atoms with van der Waals surface area (Å²) in [6.45, 7) is 16.5. The van der Waals surface area contributed by atoms with Crippen LogP contribution in [0.5, 0.6) is 0 Å². The second-order valence-electron chi connectivity index (χ2n) is 17.3. The van der Waals surface area contributed by atoms with E-state index in [1.165, 1.54) is 6.07 Å². The Kier molecular flexibility index (Phi) is 10.7. The number of amides is 5. The minimum Gasteiger partial charge on any atom is -0.371 e. The number of hydrogen-bond acceptors (Lipinski definition) is 9. The van der Waals surface area contributed by atoms with E-state index >= 15 is 4.39 Å². The lowest BCUT2D eigenvalue weighted by Gasteiger charge is -2.40. The van der Waals surface area contributed by atoms with E-state index in [9.17, 15) is 24.0 Å². The van der Waals surface area contributed by atoms with Gasteiger partial charge >= 0.3 is 0 Å². The third kappa shape index (κ3) is 7.58. The largest absolute Gasteiger partial charge is 0.371 e. The van der Waals surface area contributed by atoms with Gasteiger partial charge in [-0.25, -0.2) is 9.24 Å². The molecule has 0 aromatic heterocycles. The van der Waals surface area contributed by atoms with Crippen molar-refractivity contribution in [1.29, 1.82) is 0 Å². The van der Waals surface area contributed by atoms with Crippen LogP contribution >= 0.6 is 11.6 Å². The molecule has 3 aromatic carbocycles. The summed E-state index contributed by atoms with van der Waals surface area (Å²) in [6, 6.07) is 15.2. The Morgan fingerprint density at radius 3 is 2.12 bits per heavy atom. The van der Waals surface area contributed by atoms with Gasteiger partial charge < -0.3 is 19.6 Å². The van der Waals surface area contributed by atoms with Gasteiger partial charge in [0.2, 0.25) is 17.5 Å². The van der Waals surface area contributed by atoms with Crippen LogP contribution in [0.25, 0.3) is 4.85 Å². The number of fused-ring (bicyclic) bond motifs is 1. The predicted octanol–water partition coefficient (Wildman–Crippen LogP) is 5.60. The number of nitrogens with one attached hydrogen (secondary N) is 1. The van der Waals surface area contributed by atoms with E-state index < -0.39 is 35.5 Å². The fraction of sp³-hybridized carbons (Fsp3) is 0.467. The molecule has 15 heteroatoms. The maximum atomic E-state index is 15.5. The zero-order valence-electron chi connectivity index (χ0n) is 33.5. The summed E-state index contributed by atoms with van der Waals surface area (Å²) in [5, 5.41) is 2.68. The van der Waals surface area contributed by atoms with Crippen LogP contribution in [-0.4, -0.2) is 122 Å². The van der Waals surface area contributed by atoms with E-state index in [1.807, 2.05) is 34.1 Å². The molecule has 5 amide bonds. The molecule has 312 valence electrons. The molecule has 6 heterocycles. The van der Waals surface area contributed by atoms with E-state index in [1.54, 1.807) is 6.07 Å². The lowest BCUT2D eigenvalue weighted by Crippen LogP contribution is -2.54. The van der Waals surface area contributed by atoms with E-state index in [4.69, 9.17) is 18.2 Å². The van der Waals surface area contributed by atoms with Crippen LogP contribution in [0.3, 0.4) is 0 Å². The molecule has 60 heavy (non-hydrogen) atoms. The second-order valence-corrected chi connectivity index (χ2v) is 17.7. The van der Waals surface area contributed by atoms with Gasteiger partial charge in [-0.2, -0.15) is 0 Å². The Balaban J connectivity index is 0.722. The summed E-state index contributed by atoms with van der Waals surface area (Å²) < 4.78 is 15.5. The predicted molar refractivity (Wildman–Crippen MR) is 225 cm³/mol. The Morgan fingerprint density at radius 1 is 0.783 bits per heavy atom. The molecule has 1 atom stereocenters. The number of carbonyl (C=O) groups is 5. The van der Waals surface area contributed by atoms with Gasteiger partial charge in [0.1, 0.15) is 11.9 Å². The Morgan fingerprint density at radius 2 is 1.45 bits per heavy atom. The van der Waals surface area contributed by atoms with Crippen molar-refractivity contribution in [1.82, 2.24) is 20.0 Å². The molecule has 1 spiro atoms. The van der Waals surface area contributed by atoms with Gasteiger partial charge in [-0.3, -0.25) is 39.1 Å². The summed E-state index contributed by atoms with van der Waals surface area (Å²) in [5.41, 5.74) is 3.87. The number of likely N-dealkylation sites (tertiary alicyclic amines) is 1. The highest BCUT2D eigenvalue weighted by Crippen LogP contribution is 2.43. The number of hydrogen-bond donors (Lipinski definition) is 1.